The minimum Gasteiger partial charge on any atom is -0.386 e. The molecule has 4 aliphatic rings. The van der Waals surface area contributed by atoms with Crippen molar-refractivity contribution in [2.75, 3.05) is 38.0 Å². The second-order valence-electron chi connectivity index (χ2n) is 18.7. The largest absolute Gasteiger partial charge is 0.433 e. The van der Waals surface area contributed by atoms with Crippen molar-refractivity contribution in [3.05, 3.63) is 87.7 Å². The van der Waals surface area contributed by atoms with Crippen molar-refractivity contribution in [3.8, 4) is 0 Å². The fourth-order valence-electron chi connectivity index (χ4n) is 10.4. The molecule has 1 aliphatic carbocycles. The Morgan fingerprint density at radius 2 is 1.69 bits per heavy atom. The number of aromatic nitrogens is 5. The molecule has 6 heterocycles. The molecule has 4 amide bonds. The van der Waals surface area contributed by atoms with Gasteiger partial charge in [-0.3, -0.25) is 38.3 Å². The number of halogens is 3. The van der Waals surface area contributed by atoms with Crippen LogP contribution in [0.4, 0.5) is 18.9 Å². The molecule has 338 valence electrons. The number of carbonyl (C=O) groups excluding carboxylic acids is 4. The second kappa shape index (κ2) is 16.3. The predicted molar refractivity (Wildman–Crippen MR) is 230 cm³/mol. The van der Waals surface area contributed by atoms with Crippen LogP contribution >= 0.6 is 0 Å². The molecule has 18 heteroatoms. The van der Waals surface area contributed by atoms with Crippen LogP contribution in [-0.4, -0.2) is 95.2 Å². The van der Waals surface area contributed by atoms with Crippen LogP contribution in [-0.2, 0) is 39.6 Å². The van der Waals surface area contributed by atoms with E-state index in [1.165, 1.54) is 10.6 Å². The number of imidazole rings is 1. The highest BCUT2D eigenvalue weighted by atomic mass is 19.4. The summed E-state index contributed by atoms with van der Waals surface area (Å²) in [4.78, 5) is 72.7. The topological polar surface area (TPSA) is 177 Å². The third-order valence-corrected chi connectivity index (χ3v) is 13.9. The standard InChI is InChI=1S/C46H52F3N9O6/c1-44(2,64)31-23-33-29(22-34(31)51-40(60)32-7-5-9-37(50-32)46(47,48)49)24-57(53-33)30-12-10-28(11-13-30)42(62)56-20-17-45(18-21-56)25-55(26-45)19-16-27-6-4-8-35-39(27)54(3)43(63)58(35)36-14-15-38(59)52-41(36)61/h4-9,22-24,28,30,36,64H,10-21,25-26H2,1-3H3,(H,51,60)(H,52,59,61). The van der Waals surface area contributed by atoms with E-state index in [0.717, 1.165) is 101 Å². The minimum atomic E-state index is -4.71. The number of rotatable bonds is 9. The molecule has 3 N–H and O–H groups in total. The highest BCUT2D eigenvalue weighted by Gasteiger charge is 2.46. The van der Waals surface area contributed by atoms with E-state index in [1.807, 2.05) is 34.0 Å². The van der Waals surface area contributed by atoms with Crippen LogP contribution < -0.4 is 16.3 Å². The van der Waals surface area contributed by atoms with Gasteiger partial charge < -0.3 is 20.2 Å². The average molecular weight is 884 g/mol. The number of pyridine rings is 1. The average Bonchev–Trinajstić information content (AvgIpc) is 3.78. The van der Waals surface area contributed by atoms with Gasteiger partial charge in [-0.1, -0.05) is 18.2 Å². The van der Waals surface area contributed by atoms with Gasteiger partial charge in [0, 0.05) is 74.9 Å². The zero-order chi connectivity index (χ0) is 45.3. The van der Waals surface area contributed by atoms with Crippen LogP contribution in [0.15, 0.2) is 59.5 Å². The van der Waals surface area contributed by atoms with Gasteiger partial charge in [0.2, 0.25) is 17.7 Å². The SMILES string of the molecule is Cn1c(=O)n(C2CCC(=O)NC2=O)c2cccc(CCN3CC4(CCN(C(=O)C5CCC(n6cc7cc(NC(=O)c8cccc(C(F)(F)F)n8)c(C(C)(C)O)cc7n6)CC5)CC4)C3)c21. The van der Waals surface area contributed by atoms with Gasteiger partial charge in [-0.2, -0.15) is 18.3 Å². The first kappa shape index (κ1) is 43.4. The number of imide groups is 1. The Morgan fingerprint density at radius 3 is 2.38 bits per heavy atom. The fraction of sp³-hybridized carbons (Fsp3) is 0.500. The van der Waals surface area contributed by atoms with E-state index in [9.17, 15) is 42.3 Å². The molecule has 3 aliphatic heterocycles. The summed E-state index contributed by atoms with van der Waals surface area (Å²) in [5.41, 5.74) is 0.627. The van der Waals surface area contributed by atoms with Gasteiger partial charge in [0.15, 0.2) is 0 Å². The van der Waals surface area contributed by atoms with Crippen LogP contribution in [0.2, 0.25) is 0 Å². The molecular formula is C46H52F3N9O6. The molecule has 4 fully saturated rings. The number of nitrogens with zero attached hydrogens (tertiary/aromatic N) is 7. The van der Waals surface area contributed by atoms with E-state index < -0.39 is 41.0 Å². The maximum absolute atomic E-state index is 13.8. The van der Waals surface area contributed by atoms with Crippen LogP contribution in [0, 0.1) is 11.3 Å². The van der Waals surface area contributed by atoms with E-state index in [4.69, 9.17) is 5.10 Å². The third kappa shape index (κ3) is 8.21. The number of piperidine rings is 2. The number of para-hydroxylation sites is 1. The van der Waals surface area contributed by atoms with Gasteiger partial charge in [0.1, 0.15) is 17.4 Å². The van der Waals surface area contributed by atoms with Crippen molar-refractivity contribution in [2.45, 2.75) is 95.5 Å². The molecule has 0 radical (unpaired) electrons. The Labute approximate surface area is 366 Å². The summed E-state index contributed by atoms with van der Waals surface area (Å²) in [5.74, 6) is -1.46. The number of anilines is 1. The van der Waals surface area contributed by atoms with Crippen LogP contribution in [0.5, 0.6) is 0 Å². The summed E-state index contributed by atoms with van der Waals surface area (Å²) >= 11 is 0. The quantitative estimate of drug-likeness (QED) is 0.162. The molecular weight excluding hydrogens is 832 g/mol. The predicted octanol–water partition coefficient (Wildman–Crippen LogP) is 5.46. The number of hydrogen-bond donors (Lipinski definition) is 3. The van der Waals surface area contributed by atoms with Crippen molar-refractivity contribution >= 4 is 51.3 Å². The molecule has 15 nitrogen and oxygen atoms in total. The Morgan fingerprint density at radius 1 is 0.969 bits per heavy atom. The van der Waals surface area contributed by atoms with Crippen molar-refractivity contribution in [3.63, 3.8) is 0 Å². The van der Waals surface area contributed by atoms with Gasteiger partial charge in [-0.25, -0.2) is 9.78 Å². The number of hydrogen-bond acceptors (Lipinski definition) is 9. The number of carbonyl (C=O) groups is 4. The van der Waals surface area contributed by atoms with Crippen LogP contribution in [0.1, 0.15) is 105 Å². The van der Waals surface area contributed by atoms with Crippen molar-refractivity contribution in [2.24, 2.45) is 18.4 Å². The normalized spacial score (nSPS) is 21.9. The highest BCUT2D eigenvalue weighted by Crippen LogP contribution is 2.42. The van der Waals surface area contributed by atoms with E-state index >= 15 is 0 Å². The molecule has 9 rings (SSSR count). The van der Waals surface area contributed by atoms with E-state index in [0.29, 0.717) is 28.4 Å². The van der Waals surface area contributed by atoms with Gasteiger partial charge in [-0.15, -0.1) is 0 Å². The molecule has 0 bridgehead atoms. The summed E-state index contributed by atoms with van der Waals surface area (Å²) < 4.78 is 44.9. The number of aryl methyl sites for hydroxylation is 1. The van der Waals surface area contributed by atoms with Crippen molar-refractivity contribution in [1.82, 2.24) is 39.0 Å². The van der Waals surface area contributed by atoms with Crippen LogP contribution in [0.25, 0.3) is 21.9 Å². The number of nitrogens with one attached hydrogen (secondary N) is 2. The fourth-order valence-corrected chi connectivity index (χ4v) is 10.4. The van der Waals surface area contributed by atoms with E-state index in [1.54, 1.807) is 37.6 Å². The van der Waals surface area contributed by atoms with Gasteiger partial charge in [0.05, 0.1) is 28.2 Å². The Kier molecular flexibility index (Phi) is 11.0. The molecule has 1 spiro atoms. The van der Waals surface area contributed by atoms with E-state index in [2.05, 4.69) is 20.5 Å². The molecule has 3 saturated heterocycles. The first-order chi connectivity index (χ1) is 30.4. The smallest absolute Gasteiger partial charge is 0.386 e. The number of benzene rings is 2. The lowest BCUT2D eigenvalue weighted by molar-refractivity contribution is -0.142. The molecule has 2 aromatic carbocycles. The molecule has 3 aromatic heterocycles. The molecule has 1 saturated carbocycles. The lowest BCUT2D eigenvalue weighted by Crippen LogP contribution is -2.61. The minimum absolute atomic E-state index is 0.0436. The number of aliphatic hydroxyl groups is 1. The maximum Gasteiger partial charge on any atom is 0.433 e. The zero-order valence-electron chi connectivity index (χ0n) is 36.1. The Hall–Kier alpha value is -5.88. The lowest BCUT2D eigenvalue weighted by Gasteiger charge is -2.54. The second-order valence-corrected chi connectivity index (χ2v) is 18.7. The summed E-state index contributed by atoms with van der Waals surface area (Å²) in [7, 11) is 1.73. The molecule has 1 unspecified atom stereocenters. The van der Waals surface area contributed by atoms with Crippen molar-refractivity contribution < 1.29 is 37.5 Å². The highest BCUT2D eigenvalue weighted by molar-refractivity contribution is 6.04. The number of fused-ring (bicyclic) bond motifs is 2. The Balaban J connectivity index is 0.774. The first-order valence-electron chi connectivity index (χ1n) is 22.0. The van der Waals surface area contributed by atoms with Crippen LogP contribution in [0.3, 0.4) is 0 Å². The summed E-state index contributed by atoms with van der Waals surface area (Å²) in [5, 5.41) is 21.5. The number of amides is 4. The van der Waals surface area contributed by atoms with Crippen molar-refractivity contribution in [1.29, 1.82) is 0 Å². The van der Waals surface area contributed by atoms with Gasteiger partial charge >= 0.3 is 11.9 Å². The summed E-state index contributed by atoms with van der Waals surface area (Å²) in [6, 6.07) is 11.6. The zero-order valence-corrected chi connectivity index (χ0v) is 36.1. The van der Waals surface area contributed by atoms with E-state index in [-0.39, 0.29) is 47.0 Å². The van der Waals surface area contributed by atoms with Gasteiger partial charge in [0.25, 0.3) is 5.91 Å². The maximum atomic E-state index is 13.8. The summed E-state index contributed by atoms with van der Waals surface area (Å²) in [6.45, 7) is 7.32. The Bertz CT molecular complexity index is 2730. The monoisotopic (exact) mass is 883 g/mol. The molecule has 5 aromatic rings. The lowest BCUT2D eigenvalue weighted by atomic mass is 9.71. The number of alkyl halides is 3. The first-order valence-corrected chi connectivity index (χ1v) is 22.0. The third-order valence-electron chi connectivity index (χ3n) is 13.9. The van der Waals surface area contributed by atoms with Gasteiger partial charge in [-0.05, 0) is 107 Å². The number of likely N-dealkylation sites (tertiary alicyclic amines) is 2. The molecule has 1 atom stereocenters. The summed E-state index contributed by atoms with van der Waals surface area (Å²) in [6.07, 6.45) is 3.25. The molecule has 64 heavy (non-hydrogen) atoms.